The van der Waals surface area contributed by atoms with Crippen LogP contribution < -0.4 is 0 Å². The van der Waals surface area contributed by atoms with Gasteiger partial charge in [0.1, 0.15) is 0 Å². The number of esters is 1. The third kappa shape index (κ3) is 1.80. The third-order valence-electron chi connectivity index (χ3n) is 8.60. The minimum Gasteiger partial charge on any atom is -0.469 e. The largest absolute Gasteiger partial charge is 0.469 e. The number of hydrogen-bond donors (Lipinski definition) is 0. The molecule has 1 spiro atoms. The molecule has 0 aromatic carbocycles. The van der Waals surface area contributed by atoms with Crippen molar-refractivity contribution in [2.24, 2.45) is 28.1 Å². The number of hydrogen-bond acceptors (Lipinski definition) is 3. The van der Waals surface area contributed by atoms with Crippen molar-refractivity contribution < 1.29 is 14.3 Å². The minimum absolute atomic E-state index is 0.00520. The summed E-state index contributed by atoms with van der Waals surface area (Å²) >= 11 is 0. The van der Waals surface area contributed by atoms with Crippen LogP contribution in [0, 0.1) is 28.1 Å². The first-order valence-electron chi connectivity index (χ1n) is 9.67. The zero-order chi connectivity index (χ0) is 17.4. The zero-order valence-corrected chi connectivity index (χ0v) is 15.7. The highest BCUT2D eigenvalue weighted by molar-refractivity contribution is 5.77. The summed E-state index contributed by atoms with van der Waals surface area (Å²) in [4.78, 5) is 12.6. The van der Waals surface area contributed by atoms with Crippen LogP contribution in [0.15, 0.2) is 12.7 Å². The Bertz CT molecular complexity index is 586. The Hall–Kier alpha value is -0.830. The van der Waals surface area contributed by atoms with E-state index < -0.39 is 0 Å². The molecule has 134 valence electrons. The lowest BCUT2D eigenvalue weighted by Crippen LogP contribution is -2.59. The molecule has 4 fully saturated rings. The highest BCUT2D eigenvalue weighted by Gasteiger charge is 2.75. The normalized spacial score (nSPS) is 55.6. The quantitative estimate of drug-likeness (QED) is 0.424. The maximum absolute atomic E-state index is 12.6. The molecule has 1 aliphatic heterocycles. The van der Waals surface area contributed by atoms with E-state index in [1.54, 1.807) is 7.11 Å². The Morgan fingerprint density at radius 2 is 1.83 bits per heavy atom. The fourth-order valence-corrected chi connectivity index (χ4v) is 7.26. The van der Waals surface area contributed by atoms with Crippen molar-refractivity contribution in [1.82, 2.24) is 0 Å². The van der Waals surface area contributed by atoms with Crippen molar-refractivity contribution in [2.45, 2.75) is 77.4 Å². The molecule has 0 radical (unpaired) electrons. The molecule has 1 heterocycles. The number of rotatable bonds is 2. The van der Waals surface area contributed by atoms with Crippen LogP contribution >= 0.6 is 0 Å². The lowest BCUT2D eigenvalue weighted by Gasteiger charge is -2.60. The molecule has 4 rings (SSSR count). The summed E-state index contributed by atoms with van der Waals surface area (Å²) < 4.78 is 11.7. The van der Waals surface area contributed by atoms with E-state index in [1.807, 2.05) is 0 Å². The van der Waals surface area contributed by atoms with Gasteiger partial charge < -0.3 is 9.47 Å². The predicted molar refractivity (Wildman–Crippen MR) is 93.4 cm³/mol. The molecule has 3 saturated carbocycles. The summed E-state index contributed by atoms with van der Waals surface area (Å²) in [5.74, 6) is 0.986. The topological polar surface area (TPSA) is 38.8 Å². The Morgan fingerprint density at radius 1 is 1.12 bits per heavy atom. The van der Waals surface area contributed by atoms with Crippen molar-refractivity contribution in [1.29, 1.82) is 0 Å². The second kappa shape index (κ2) is 4.87. The molecule has 3 aliphatic carbocycles. The van der Waals surface area contributed by atoms with Crippen molar-refractivity contribution in [3.63, 3.8) is 0 Å². The lowest BCUT2D eigenvalue weighted by atomic mass is 9.43. The van der Waals surface area contributed by atoms with Crippen molar-refractivity contribution in [3.8, 4) is 0 Å². The van der Waals surface area contributed by atoms with Crippen LogP contribution in [-0.2, 0) is 14.3 Å². The molecule has 4 aliphatic rings. The number of methoxy groups -OCH3 is 1. The van der Waals surface area contributed by atoms with Gasteiger partial charge in [-0.1, -0.05) is 26.3 Å². The summed E-state index contributed by atoms with van der Waals surface area (Å²) in [7, 11) is 1.54. The van der Waals surface area contributed by atoms with Crippen LogP contribution in [0.4, 0.5) is 0 Å². The average Bonchev–Trinajstić information content (AvgIpc) is 3.29. The van der Waals surface area contributed by atoms with E-state index in [1.165, 1.54) is 12.8 Å². The highest BCUT2D eigenvalue weighted by Crippen LogP contribution is 2.73. The van der Waals surface area contributed by atoms with Gasteiger partial charge in [-0.3, -0.25) is 4.79 Å². The molecular formula is C21H32O3. The first-order valence-corrected chi connectivity index (χ1v) is 9.67. The fraction of sp³-hybridized carbons (Fsp3) is 0.857. The Morgan fingerprint density at radius 3 is 2.50 bits per heavy atom. The molecule has 24 heavy (non-hydrogen) atoms. The SMILES string of the molecule is C=C[C@@]1(C)CC[C@@H]2[C@@]3(C)CCC[C@@](C)(C(=O)OC)[C@@H]3CC[C@@]23O[C@H]31. The Kier molecular flexibility index (Phi) is 3.37. The van der Waals surface area contributed by atoms with E-state index in [0.717, 1.165) is 32.1 Å². The van der Waals surface area contributed by atoms with Gasteiger partial charge >= 0.3 is 5.97 Å². The number of carbonyl (C=O) groups excluding carboxylic acids is 1. The van der Waals surface area contributed by atoms with Crippen molar-refractivity contribution in [2.75, 3.05) is 7.11 Å². The molecule has 0 aromatic heterocycles. The van der Waals surface area contributed by atoms with Crippen LogP contribution in [0.1, 0.15) is 65.7 Å². The molecule has 1 saturated heterocycles. The van der Waals surface area contributed by atoms with Crippen LogP contribution in [0.5, 0.6) is 0 Å². The summed E-state index contributed by atoms with van der Waals surface area (Å²) in [5, 5.41) is 0. The van der Waals surface area contributed by atoms with Crippen LogP contribution in [0.25, 0.3) is 0 Å². The Balaban J connectivity index is 1.70. The summed E-state index contributed by atoms with van der Waals surface area (Å²) in [6, 6.07) is 0. The van der Waals surface area contributed by atoms with E-state index >= 15 is 0 Å². The molecular weight excluding hydrogens is 300 g/mol. The van der Waals surface area contributed by atoms with E-state index in [0.29, 0.717) is 17.9 Å². The van der Waals surface area contributed by atoms with Gasteiger partial charge in [-0.25, -0.2) is 0 Å². The van der Waals surface area contributed by atoms with E-state index in [-0.39, 0.29) is 27.8 Å². The third-order valence-corrected chi connectivity index (χ3v) is 8.60. The molecule has 3 nitrogen and oxygen atoms in total. The van der Waals surface area contributed by atoms with E-state index in [9.17, 15) is 4.79 Å². The molecule has 0 N–H and O–H groups in total. The minimum atomic E-state index is -0.326. The van der Waals surface area contributed by atoms with E-state index in [4.69, 9.17) is 9.47 Å². The first-order chi connectivity index (χ1) is 11.3. The maximum atomic E-state index is 12.6. The van der Waals surface area contributed by atoms with Gasteiger partial charge in [-0.2, -0.15) is 0 Å². The molecule has 0 aromatic rings. The monoisotopic (exact) mass is 332 g/mol. The second-order valence-electron chi connectivity index (χ2n) is 9.61. The highest BCUT2D eigenvalue weighted by atomic mass is 16.6. The number of fused-ring (bicyclic) bond motifs is 2. The second-order valence-corrected chi connectivity index (χ2v) is 9.61. The van der Waals surface area contributed by atoms with Gasteiger partial charge in [0.2, 0.25) is 0 Å². The van der Waals surface area contributed by atoms with Gasteiger partial charge in [-0.05, 0) is 62.7 Å². The molecule has 0 bridgehead atoms. The van der Waals surface area contributed by atoms with Gasteiger partial charge in [0.05, 0.1) is 24.2 Å². The smallest absolute Gasteiger partial charge is 0.311 e. The summed E-state index contributed by atoms with van der Waals surface area (Å²) in [6.45, 7) is 11.0. The Labute approximate surface area is 146 Å². The van der Waals surface area contributed by atoms with Gasteiger partial charge in [0, 0.05) is 5.41 Å². The van der Waals surface area contributed by atoms with Crippen molar-refractivity contribution >= 4 is 5.97 Å². The summed E-state index contributed by atoms with van der Waals surface area (Å²) in [6.07, 6.45) is 10.3. The molecule has 0 unspecified atom stereocenters. The molecule has 3 heteroatoms. The van der Waals surface area contributed by atoms with Crippen LogP contribution in [0.3, 0.4) is 0 Å². The first kappa shape index (κ1) is 16.6. The van der Waals surface area contributed by atoms with Gasteiger partial charge in [0.25, 0.3) is 0 Å². The zero-order valence-electron chi connectivity index (χ0n) is 15.7. The summed E-state index contributed by atoms with van der Waals surface area (Å²) in [5.41, 5.74) is 0.0461. The van der Waals surface area contributed by atoms with Crippen molar-refractivity contribution in [3.05, 3.63) is 12.7 Å². The number of carbonyl (C=O) groups is 1. The van der Waals surface area contributed by atoms with Crippen LogP contribution in [0.2, 0.25) is 0 Å². The van der Waals surface area contributed by atoms with Crippen LogP contribution in [-0.4, -0.2) is 24.8 Å². The van der Waals surface area contributed by atoms with E-state index in [2.05, 4.69) is 33.4 Å². The fourth-order valence-electron chi connectivity index (χ4n) is 7.26. The average molecular weight is 332 g/mol. The molecule has 0 amide bonds. The van der Waals surface area contributed by atoms with Gasteiger partial charge in [-0.15, -0.1) is 6.58 Å². The number of epoxide rings is 1. The predicted octanol–water partition coefficient (Wildman–Crippen LogP) is 4.51. The lowest BCUT2D eigenvalue weighted by molar-refractivity contribution is -0.175. The van der Waals surface area contributed by atoms with Gasteiger partial charge in [0.15, 0.2) is 0 Å². The number of ether oxygens (including phenoxy) is 2. The standard InChI is InChI=1S/C21H32O3/c1-6-18(2)12-8-15-19(3)10-7-11-20(4,17(22)23-5)14(19)9-13-21(15)16(18)24-21/h6,14-16H,1,7-13H2,2-5H3/t14-,15-,16+,18+,19+,20-,21-/m1/s1. The maximum Gasteiger partial charge on any atom is 0.311 e. The molecule has 7 atom stereocenters.